The van der Waals surface area contributed by atoms with Crippen molar-refractivity contribution < 1.29 is 9.53 Å². The van der Waals surface area contributed by atoms with Gasteiger partial charge in [-0.05, 0) is 57.0 Å². The van der Waals surface area contributed by atoms with Crippen molar-refractivity contribution in [3.63, 3.8) is 0 Å². The van der Waals surface area contributed by atoms with Crippen molar-refractivity contribution in [3.8, 4) is 0 Å². The van der Waals surface area contributed by atoms with Crippen LogP contribution in [0.1, 0.15) is 24.8 Å². The van der Waals surface area contributed by atoms with Crippen LogP contribution in [0, 0.1) is 0 Å². The van der Waals surface area contributed by atoms with E-state index >= 15 is 0 Å². The molecule has 2 fully saturated rings. The van der Waals surface area contributed by atoms with Crippen LogP contribution in [0.5, 0.6) is 0 Å². The Labute approximate surface area is 186 Å². The monoisotopic (exact) mass is 436 g/mol. The van der Waals surface area contributed by atoms with Gasteiger partial charge < -0.3 is 19.9 Å². The Morgan fingerprint density at radius 2 is 1.80 bits per heavy atom. The molecule has 30 heavy (non-hydrogen) atoms. The molecule has 6 nitrogen and oxygen atoms in total. The molecule has 0 spiro atoms. The molecular formula is C23H37ClN4O2. The number of carbonyl (C=O) groups is 1. The third kappa shape index (κ3) is 8.16. The van der Waals surface area contributed by atoms with E-state index in [9.17, 15) is 4.79 Å². The summed E-state index contributed by atoms with van der Waals surface area (Å²) in [5, 5.41) is 4.04. The lowest BCUT2D eigenvalue weighted by Crippen LogP contribution is -2.51. The number of aryl methyl sites for hydroxylation is 1. The second kappa shape index (κ2) is 12.6. The van der Waals surface area contributed by atoms with Gasteiger partial charge in [-0.25, -0.2) is 0 Å². The molecule has 1 aromatic carbocycles. The normalized spacial score (nSPS) is 19.3. The molecule has 1 aromatic rings. The summed E-state index contributed by atoms with van der Waals surface area (Å²) in [5.74, 6) is 0.204. The lowest BCUT2D eigenvalue weighted by Gasteiger charge is -2.34. The van der Waals surface area contributed by atoms with Gasteiger partial charge in [0.05, 0.1) is 19.3 Å². The first kappa shape index (κ1) is 23.5. The molecule has 0 unspecified atom stereocenters. The fourth-order valence-corrected chi connectivity index (χ4v) is 4.26. The van der Waals surface area contributed by atoms with Crippen LogP contribution < -0.4 is 5.32 Å². The van der Waals surface area contributed by atoms with Gasteiger partial charge in [0, 0.05) is 50.8 Å². The van der Waals surface area contributed by atoms with Crippen LogP contribution in [-0.2, 0) is 16.0 Å². The number of carbonyl (C=O) groups excluding carboxylic acids is 1. The summed E-state index contributed by atoms with van der Waals surface area (Å²) in [4.78, 5) is 19.2. The van der Waals surface area contributed by atoms with Crippen LogP contribution in [0.15, 0.2) is 24.3 Å². The summed E-state index contributed by atoms with van der Waals surface area (Å²) < 4.78 is 5.92. The number of likely N-dealkylation sites (tertiary alicyclic amines) is 1. The first-order chi connectivity index (χ1) is 14.6. The van der Waals surface area contributed by atoms with Gasteiger partial charge >= 0.3 is 0 Å². The van der Waals surface area contributed by atoms with Crippen LogP contribution in [-0.4, -0.2) is 99.3 Å². The molecule has 2 heterocycles. The van der Waals surface area contributed by atoms with Gasteiger partial charge in [0.25, 0.3) is 0 Å². The zero-order valence-corrected chi connectivity index (χ0v) is 19.1. The lowest BCUT2D eigenvalue weighted by atomic mass is 10.1. The summed E-state index contributed by atoms with van der Waals surface area (Å²) in [6.07, 6.45) is 4.80. The van der Waals surface area contributed by atoms with Crippen LogP contribution >= 0.6 is 11.6 Å². The summed E-state index contributed by atoms with van der Waals surface area (Å²) >= 11 is 5.94. The molecule has 0 radical (unpaired) electrons. The summed E-state index contributed by atoms with van der Waals surface area (Å²) in [7, 11) is 2.16. The SMILES string of the molecule is CN1CCC(OCCNCC(=O)N2CCN(CCCc3ccc(Cl)cc3)CC2)CC1. The van der Waals surface area contributed by atoms with Crippen molar-refractivity contribution in [1.82, 2.24) is 20.0 Å². The lowest BCUT2D eigenvalue weighted by molar-refractivity contribution is -0.132. The number of piperidine rings is 1. The first-order valence-electron chi connectivity index (χ1n) is 11.4. The molecule has 1 amide bonds. The Morgan fingerprint density at radius 3 is 2.50 bits per heavy atom. The van der Waals surface area contributed by atoms with E-state index in [4.69, 9.17) is 16.3 Å². The van der Waals surface area contributed by atoms with E-state index in [1.165, 1.54) is 5.56 Å². The van der Waals surface area contributed by atoms with Gasteiger partial charge in [0.2, 0.25) is 5.91 Å². The topological polar surface area (TPSA) is 48.1 Å². The average molecular weight is 437 g/mol. The van der Waals surface area contributed by atoms with Gasteiger partial charge in [-0.2, -0.15) is 0 Å². The zero-order chi connectivity index (χ0) is 21.2. The Kier molecular flexibility index (Phi) is 9.88. The highest BCUT2D eigenvalue weighted by Crippen LogP contribution is 2.12. The molecule has 168 valence electrons. The molecule has 2 saturated heterocycles. The number of amides is 1. The molecule has 0 aliphatic carbocycles. The Bertz CT molecular complexity index is 627. The van der Waals surface area contributed by atoms with Crippen LogP contribution in [0.4, 0.5) is 0 Å². The molecule has 0 atom stereocenters. The minimum Gasteiger partial charge on any atom is -0.377 e. The minimum atomic E-state index is 0.204. The highest BCUT2D eigenvalue weighted by atomic mass is 35.5. The minimum absolute atomic E-state index is 0.204. The second-order valence-corrected chi connectivity index (χ2v) is 8.94. The summed E-state index contributed by atoms with van der Waals surface area (Å²) in [6, 6.07) is 8.11. The van der Waals surface area contributed by atoms with E-state index in [0.29, 0.717) is 19.3 Å². The van der Waals surface area contributed by atoms with Crippen molar-refractivity contribution in [2.24, 2.45) is 0 Å². The molecule has 2 aliphatic heterocycles. The molecule has 0 saturated carbocycles. The van der Waals surface area contributed by atoms with Gasteiger partial charge in [0.1, 0.15) is 0 Å². The van der Waals surface area contributed by atoms with Gasteiger partial charge in [-0.1, -0.05) is 23.7 Å². The fourth-order valence-electron chi connectivity index (χ4n) is 4.14. The standard InChI is InChI=1S/C23H37ClN4O2/c1-26-12-8-22(9-13-26)30-18-10-25-19-23(29)28-16-14-27(15-17-28)11-2-3-20-4-6-21(24)7-5-20/h4-7,22,25H,2-3,8-19H2,1H3. The maximum atomic E-state index is 12.4. The number of piperazine rings is 1. The van der Waals surface area contributed by atoms with E-state index in [2.05, 4.69) is 34.3 Å². The average Bonchev–Trinajstić information content (AvgIpc) is 2.76. The van der Waals surface area contributed by atoms with Crippen LogP contribution in [0.2, 0.25) is 5.02 Å². The van der Waals surface area contributed by atoms with Crippen molar-refractivity contribution in [3.05, 3.63) is 34.9 Å². The summed E-state index contributed by atoms with van der Waals surface area (Å²) in [5.41, 5.74) is 1.33. The smallest absolute Gasteiger partial charge is 0.236 e. The maximum absolute atomic E-state index is 12.4. The van der Waals surface area contributed by atoms with E-state index in [1.807, 2.05) is 17.0 Å². The highest BCUT2D eigenvalue weighted by molar-refractivity contribution is 6.30. The quantitative estimate of drug-likeness (QED) is 0.569. The zero-order valence-electron chi connectivity index (χ0n) is 18.3. The third-order valence-corrected chi connectivity index (χ3v) is 6.40. The van der Waals surface area contributed by atoms with Crippen LogP contribution in [0.3, 0.4) is 0 Å². The number of ether oxygens (including phenoxy) is 1. The van der Waals surface area contributed by atoms with Crippen molar-refractivity contribution in [1.29, 1.82) is 0 Å². The number of benzene rings is 1. The van der Waals surface area contributed by atoms with E-state index in [-0.39, 0.29) is 5.91 Å². The largest absolute Gasteiger partial charge is 0.377 e. The number of hydrogen-bond acceptors (Lipinski definition) is 5. The van der Waals surface area contributed by atoms with Gasteiger partial charge in [-0.15, -0.1) is 0 Å². The molecule has 7 heteroatoms. The van der Waals surface area contributed by atoms with E-state index < -0.39 is 0 Å². The Hall–Kier alpha value is -1.18. The first-order valence-corrected chi connectivity index (χ1v) is 11.7. The van der Waals surface area contributed by atoms with Crippen molar-refractivity contribution in [2.45, 2.75) is 31.8 Å². The van der Waals surface area contributed by atoms with Crippen LogP contribution in [0.25, 0.3) is 0 Å². The number of halogens is 1. The highest BCUT2D eigenvalue weighted by Gasteiger charge is 2.20. The van der Waals surface area contributed by atoms with Gasteiger partial charge in [0.15, 0.2) is 0 Å². The molecule has 3 rings (SSSR count). The Morgan fingerprint density at radius 1 is 1.10 bits per heavy atom. The number of rotatable bonds is 10. The van der Waals surface area contributed by atoms with Crippen molar-refractivity contribution in [2.75, 3.05) is 72.6 Å². The number of nitrogens with one attached hydrogen (secondary N) is 1. The number of hydrogen-bond donors (Lipinski definition) is 1. The molecule has 1 N–H and O–H groups in total. The predicted octanol–water partition coefficient (Wildman–Crippen LogP) is 2.12. The summed E-state index contributed by atoms with van der Waals surface area (Å²) in [6.45, 7) is 8.72. The molecular weight excluding hydrogens is 400 g/mol. The number of nitrogens with zero attached hydrogens (tertiary/aromatic N) is 3. The molecule has 2 aliphatic rings. The molecule has 0 aromatic heterocycles. The predicted molar refractivity (Wildman–Crippen MR) is 122 cm³/mol. The molecule has 0 bridgehead atoms. The second-order valence-electron chi connectivity index (χ2n) is 8.50. The van der Waals surface area contributed by atoms with Gasteiger partial charge in [-0.3, -0.25) is 9.69 Å². The van der Waals surface area contributed by atoms with Crippen molar-refractivity contribution >= 4 is 17.5 Å². The van der Waals surface area contributed by atoms with E-state index in [1.54, 1.807) is 0 Å². The third-order valence-electron chi connectivity index (χ3n) is 6.15. The fraction of sp³-hybridized carbons (Fsp3) is 0.696. The Balaban J connectivity index is 1.20. The van der Waals surface area contributed by atoms with E-state index in [0.717, 1.165) is 83.1 Å². The maximum Gasteiger partial charge on any atom is 0.236 e.